The van der Waals surface area contributed by atoms with Crippen LogP contribution in [0.1, 0.15) is 18.9 Å². The third kappa shape index (κ3) is 4.44. The van der Waals surface area contributed by atoms with Crippen LogP contribution in [-0.2, 0) is 10.1 Å². The zero-order chi connectivity index (χ0) is 12.0. The quantitative estimate of drug-likeness (QED) is 0.717. The highest BCUT2D eigenvalue weighted by atomic mass is 79.9. The number of halogens is 2. The first-order valence-corrected chi connectivity index (χ1v) is 7.08. The number of rotatable bonds is 6. The van der Waals surface area contributed by atoms with Crippen molar-refractivity contribution in [2.75, 3.05) is 13.7 Å². The number of hydrogen-bond acceptors (Lipinski definition) is 2. The van der Waals surface area contributed by atoms with Gasteiger partial charge >= 0.3 is 0 Å². The van der Waals surface area contributed by atoms with Crippen LogP contribution < -0.4 is 4.74 Å². The second-order valence-corrected chi connectivity index (χ2v) is 5.02. The minimum absolute atomic E-state index is 0.158. The summed E-state index contributed by atoms with van der Waals surface area (Å²) >= 11 is 6.93. The van der Waals surface area contributed by atoms with Gasteiger partial charge in [0, 0.05) is 25.5 Å². The van der Waals surface area contributed by atoms with E-state index in [2.05, 4.69) is 44.0 Å². The highest BCUT2D eigenvalue weighted by molar-refractivity contribution is 9.10. The average molecular weight is 352 g/mol. The van der Waals surface area contributed by atoms with E-state index >= 15 is 0 Å². The van der Waals surface area contributed by atoms with E-state index in [0.717, 1.165) is 28.6 Å². The molecular weight excluding hydrogens is 336 g/mol. The fourth-order valence-electron chi connectivity index (χ4n) is 1.28. The van der Waals surface area contributed by atoms with Crippen molar-refractivity contribution < 1.29 is 9.47 Å². The summed E-state index contributed by atoms with van der Waals surface area (Å²) in [4.78, 5) is 0. The molecule has 0 bridgehead atoms. The van der Waals surface area contributed by atoms with Crippen LogP contribution in [0.4, 0.5) is 0 Å². The minimum Gasteiger partial charge on any atom is -0.489 e. The lowest BCUT2D eigenvalue weighted by Crippen LogP contribution is -2.14. The normalized spacial score (nSPS) is 12.5. The molecule has 0 radical (unpaired) electrons. The molecule has 16 heavy (non-hydrogen) atoms. The molecule has 0 saturated heterocycles. The molecule has 0 aromatic heterocycles. The van der Waals surface area contributed by atoms with Crippen LogP contribution in [0.5, 0.6) is 5.75 Å². The molecule has 0 saturated carbocycles. The minimum atomic E-state index is 0.158. The van der Waals surface area contributed by atoms with Crippen molar-refractivity contribution in [3.63, 3.8) is 0 Å². The Bertz CT molecular complexity index is 329. The largest absolute Gasteiger partial charge is 0.489 e. The van der Waals surface area contributed by atoms with Crippen LogP contribution in [0.25, 0.3) is 0 Å². The topological polar surface area (TPSA) is 18.5 Å². The summed E-state index contributed by atoms with van der Waals surface area (Å²) in [5.74, 6) is 0.883. The number of benzene rings is 1. The average Bonchev–Trinajstić information content (AvgIpc) is 2.29. The van der Waals surface area contributed by atoms with Gasteiger partial charge in [0.15, 0.2) is 0 Å². The van der Waals surface area contributed by atoms with Crippen LogP contribution in [0.3, 0.4) is 0 Å². The van der Waals surface area contributed by atoms with Crippen molar-refractivity contribution in [1.82, 2.24) is 0 Å². The van der Waals surface area contributed by atoms with E-state index in [1.807, 2.05) is 13.0 Å². The Morgan fingerprint density at radius 1 is 1.38 bits per heavy atom. The van der Waals surface area contributed by atoms with Gasteiger partial charge in [0.25, 0.3) is 0 Å². The van der Waals surface area contributed by atoms with E-state index in [4.69, 9.17) is 9.47 Å². The second-order valence-electron chi connectivity index (χ2n) is 3.61. The third-order valence-electron chi connectivity index (χ3n) is 2.21. The monoisotopic (exact) mass is 350 g/mol. The van der Waals surface area contributed by atoms with Crippen LogP contribution in [0, 0.1) is 0 Å². The SMILES string of the molecule is COCCC(C)Oc1ccc(CBr)cc1Br. The third-order valence-corrected chi connectivity index (χ3v) is 3.47. The maximum Gasteiger partial charge on any atom is 0.133 e. The van der Waals surface area contributed by atoms with Gasteiger partial charge in [-0.3, -0.25) is 0 Å². The summed E-state index contributed by atoms with van der Waals surface area (Å²) in [5.41, 5.74) is 1.23. The molecule has 1 aromatic carbocycles. The van der Waals surface area contributed by atoms with Gasteiger partial charge in [0.2, 0.25) is 0 Å². The molecule has 1 rings (SSSR count). The highest BCUT2D eigenvalue weighted by Gasteiger charge is 2.07. The second kappa shape index (κ2) is 7.30. The lowest BCUT2D eigenvalue weighted by molar-refractivity contribution is 0.134. The van der Waals surface area contributed by atoms with E-state index in [9.17, 15) is 0 Å². The predicted octanol–water partition coefficient (Wildman–Crippen LogP) is 4.15. The van der Waals surface area contributed by atoms with Crippen LogP contribution in [0.2, 0.25) is 0 Å². The molecular formula is C12H16Br2O2. The van der Waals surface area contributed by atoms with Gasteiger partial charge in [-0.05, 0) is 40.5 Å². The Labute approximate surface area is 114 Å². The molecule has 90 valence electrons. The Morgan fingerprint density at radius 2 is 2.12 bits per heavy atom. The van der Waals surface area contributed by atoms with E-state index in [0.29, 0.717) is 0 Å². The van der Waals surface area contributed by atoms with Gasteiger partial charge in [-0.1, -0.05) is 22.0 Å². The summed E-state index contributed by atoms with van der Waals surface area (Å²) in [6, 6.07) is 6.11. The van der Waals surface area contributed by atoms with E-state index in [1.165, 1.54) is 5.56 Å². The lowest BCUT2D eigenvalue weighted by atomic mass is 10.2. The summed E-state index contributed by atoms with van der Waals surface area (Å²) in [6.07, 6.45) is 1.05. The van der Waals surface area contributed by atoms with Gasteiger partial charge in [-0.15, -0.1) is 0 Å². The number of methoxy groups -OCH3 is 1. The smallest absolute Gasteiger partial charge is 0.133 e. The first kappa shape index (κ1) is 14.0. The first-order valence-electron chi connectivity index (χ1n) is 5.17. The molecule has 0 fully saturated rings. The molecule has 0 amide bonds. The van der Waals surface area contributed by atoms with Gasteiger partial charge in [0.1, 0.15) is 5.75 Å². The maximum absolute atomic E-state index is 5.80. The Balaban J connectivity index is 2.59. The van der Waals surface area contributed by atoms with E-state index in [-0.39, 0.29) is 6.10 Å². The fraction of sp³-hybridized carbons (Fsp3) is 0.500. The molecule has 4 heteroatoms. The van der Waals surface area contributed by atoms with Crippen LogP contribution >= 0.6 is 31.9 Å². The molecule has 1 aromatic rings. The Kier molecular flexibility index (Phi) is 6.39. The standard InChI is InChI=1S/C12H16Br2O2/c1-9(5-6-15-2)16-12-4-3-10(8-13)7-11(12)14/h3-4,7,9H,5-6,8H2,1-2H3. The van der Waals surface area contributed by atoms with Crippen LogP contribution in [0.15, 0.2) is 22.7 Å². The first-order chi connectivity index (χ1) is 7.67. The zero-order valence-corrected chi connectivity index (χ0v) is 12.7. The van der Waals surface area contributed by atoms with Gasteiger partial charge in [0.05, 0.1) is 10.6 Å². The van der Waals surface area contributed by atoms with Crippen molar-refractivity contribution in [1.29, 1.82) is 0 Å². The highest BCUT2D eigenvalue weighted by Crippen LogP contribution is 2.28. The van der Waals surface area contributed by atoms with E-state index in [1.54, 1.807) is 7.11 Å². The lowest BCUT2D eigenvalue weighted by Gasteiger charge is -2.15. The summed E-state index contributed by atoms with van der Waals surface area (Å²) in [5, 5.41) is 0.852. The molecule has 0 heterocycles. The van der Waals surface area contributed by atoms with Crippen molar-refractivity contribution in [2.24, 2.45) is 0 Å². The molecule has 1 atom stereocenters. The van der Waals surface area contributed by atoms with Crippen molar-refractivity contribution >= 4 is 31.9 Å². The Hall–Kier alpha value is -0.0600. The van der Waals surface area contributed by atoms with E-state index < -0.39 is 0 Å². The summed E-state index contributed by atoms with van der Waals surface area (Å²) in [6.45, 7) is 2.77. The number of alkyl halides is 1. The maximum atomic E-state index is 5.80. The van der Waals surface area contributed by atoms with Crippen molar-refractivity contribution in [3.8, 4) is 5.75 Å². The predicted molar refractivity (Wildman–Crippen MR) is 73.4 cm³/mol. The molecule has 0 aliphatic heterocycles. The van der Waals surface area contributed by atoms with Gasteiger partial charge < -0.3 is 9.47 Å². The molecule has 0 aliphatic carbocycles. The molecule has 2 nitrogen and oxygen atoms in total. The number of ether oxygens (including phenoxy) is 2. The Morgan fingerprint density at radius 3 is 2.69 bits per heavy atom. The molecule has 0 aliphatic rings. The van der Waals surface area contributed by atoms with Crippen LogP contribution in [-0.4, -0.2) is 19.8 Å². The summed E-state index contributed by atoms with van der Waals surface area (Å²) < 4.78 is 11.8. The fourth-order valence-corrected chi connectivity index (χ4v) is 2.15. The molecule has 1 unspecified atom stereocenters. The zero-order valence-electron chi connectivity index (χ0n) is 9.50. The van der Waals surface area contributed by atoms with Crippen molar-refractivity contribution in [3.05, 3.63) is 28.2 Å². The van der Waals surface area contributed by atoms with Crippen molar-refractivity contribution in [2.45, 2.75) is 24.8 Å². The number of hydrogen-bond donors (Lipinski definition) is 0. The van der Waals surface area contributed by atoms with Gasteiger partial charge in [-0.2, -0.15) is 0 Å². The molecule has 0 spiro atoms. The molecule has 0 N–H and O–H groups in total. The van der Waals surface area contributed by atoms with Gasteiger partial charge in [-0.25, -0.2) is 0 Å². The summed E-state index contributed by atoms with van der Waals surface area (Å²) in [7, 11) is 1.70.